The molecule has 1 amide bonds. The van der Waals surface area contributed by atoms with Crippen LogP contribution in [0.2, 0.25) is 0 Å². The first-order valence-corrected chi connectivity index (χ1v) is 6.83. The minimum Gasteiger partial charge on any atom is -0.489 e. The first-order chi connectivity index (χ1) is 10.5. The van der Waals surface area contributed by atoms with Crippen LogP contribution in [0.3, 0.4) is 0 Å². The fourth-order valence-electron chi connectivity index (χ4n) is 2.13. The predicted octanol–water partition coefficient (Wildman–Crippen LogP) is 2.55. The minimum absolute atomic E-state index is 0.180. The van der Waals surface area contributed by atoms with Crippen LogP contribution in [0.5, 0.6) is 5.75 Å². The maximum atomic E-state index is 11.3. The molecule has 2 aromatic carbocycles. The highest BCUT2D eigenvalue weighted by molar-refractivity contribution is 6.45. The van der Waals surface area contributed by atoms with Gasteiger partial charge in [-0.25, -0.2) is 0 Å². The Labute approximate surface area is 129 Å². The van der Waals surface area contributed by atoms with Gasteiger partial charge in [0.1, 0.15) is 12.4 Å². The molecular weight excluding hydrogens is 280 g/mol. The maximum Gasteiger partial charge on any atom is 0.271 e. The summed E-state index contributed by atoms with van der Waals surface area (Å²) in [6.07, 6.45) is 0. The first kappa shape index (κ1) is 15.6. The first-order valence-electron chi connectivity index (χ1n) is 6.83. The van der Waals surface area contributed by atoms with Gasteiger partial charge in [0.2, 0.25) is 0 Å². The van der Waals surface area contributed by atoms with E-state index in [0.29, 0.717) is 5.56 Å². The Hall–Kier alpha value is -2.82. The molecule has 0 radical (unpaired) electrons. The Kier molecular flexibility index (Phi) is 4.78. The van der Waals surface area contributed by atoms with Gasteiger partial charge in [0.05, 0.1) is 0 Å². The monoisotopic (exact) mass is 298 g/mol. The molecule has 114 valence electrons. The van der Waals surface area contributed by atoms with Crippen molar-refractivity contribution >= 4 is 11.6 Å². The highest BCUT2D eigenvalue weighted by Gasteiger charge is 2.15. The number of carbonyl (C=O) groups is 1. The van der Waals surface area contributed by atoms with Crippen molar-refractivity contribution in [2.24, 2.45) is 10.9 Å². The molecule has 22 heavy (non-hydrogen) atoms. The largest absolute Gasteiger partial charge is 0.489 e. The molecule has 2 rings (SSSR count). The van der Waals surface area contributed by atoms with E-state index in [1.807, 2.05) is 38.1 Å². The number of hydrogen-bond donors (Lipinski definition) is 2. The van der Waals surface area contributed by atoms with Crippen LogP contribution in [0.25, 0.3) is 0 Å². The van der Waals surface area contributed by atoms with E-state index < -0.39 is 5.91 Å². The molecule has 0 heterocycles. The number of nitrogens with zero attached hydrogens (tertiary/aromatic N) is 1. The number of nitrogens with two attached hydrogens (primary N) is 1. The third-order valence-corrected chi connectivity index (χ3v) is 3.33. The highest BCUT2D eigenvalue weighted by Crippen LogP contribution is 2.21. The van der Waals surface area contributed by atoms with Crippen LogP contribution in [0, 0.1) is 13.8 Å². The summed E-state index contributed by atoms with van der Waals surface area (Å²) in [6.45, 7) is 4.20. The van der Waals surface area contributed by atoms with Gasteiger partial charge in [-0.15, -0.1) is 0 Å². The molecular formula is C17H18N2O3. The number of hydrogen-bond acceptors (Lipinski definition) is 4. The van der Waals surface area contributed by atoms with Gasteiger partial charge in [-0.05, 0) is 36.6 Å². The van der Waals surface area contributed by atoms with Crippen molar-refractivity contribution in [3.05, 3.63) is 64.7 Å². The Morgan fingerprint density at radius 3 is 2.64 bits per heavy atom. The normalized spacial score (nSPS) is 11.3. The molecule has 0 saturated carbocycles. The van der Waals surface area contributed by atoms with Gasteiger partial charge >= 0.3 is 0 Å². The van der Waals surface area contributed by atoms with Gasteiger partial charge in [-0.3, -0.25) is 4.79 Å². The molecule has 0 saturated heterocycles. The van der Waals surface area contributed by atoms with Crippen molar-refractivity contribution in [2.45, 2.75) is 20.5 Å². The van der Waals surface area contributed by atoms with Crippen LogP contribution < -0.4 is 10.5 Å². The van der Waals surface area contributed by atoms with E-state index in [2.05, 4.69) is 5.16 Å². The predicted molar refractivity (Wildman–Crippen MR) is 84.2 cm³/mol. The smallest absolute Gasteiger partial charge is 0.271 e. The average Bonchev–Trinajstić information content (AvgIpc) is 2.50. The average molecular weight is 298 g/mol. The summed E-state index contributed by atoms with van der Waals surface area (Å²) in [5.41, 5.74) is 8.35. The summed E-state index contributed by atoms with van der Waals surface area (Å²) in [7, 11) is 0. The van der Waals surface area contributed by atoms with Gasteiger partial charge in [-0.2, -0.15) is 0 Å². The van der Waals surface area contributed by atoms with Gasteiger partial charge in [-0.1, -0.05) is 41.6 Å². The summed E-state index contributed by atoms with van der Waals surface area (Å²) in [4.78, 5) is 11.3. The molecule has 5 heteroatoms. The van der Waals surface area contributed by atoms with E-state index in [0.717, 1.165) is 22.4 Å². The van der Waals surface area contributed by atoms with Crippen LogP contribution in [0.4, 0.5) is 0 Å². The van der Waals surface area contributed by atoms with Crippen LogP contribution in [0.1, 0.15) is 22.3 Å². The zero-order chi connectivity index (χ0) is 16.1. The van der Waals surface area contributed by atoms with Crippen molar-refractivity contribution in [3.8, 4) is 5.75 Å². The summed E-state index contributed by atoms with van der Waals surface area (Å²) in [5.74, 6) is -0.0157. The topological polar surface area (TPSA) is 84.9 Å². The molecule has 0 aliphatic heterocycles. The van der Waals surface area contributed by atoms with Crippen LogP contribution in [-0.4, -0.2) is 16.8 Å². The van der Waals surface area contributed by atoms with E-state index in [1.165, 1.54) is 0 Å². The maximum absolute atomic E-state index is 11.3. The lowest BCUT2D eigenvalue weighted by molar-refractivity contribution is -0.112. The molecule has 3 N–H and O–H groups in total. The lowest BCUT2D eigenvalue weighted by Gasteiger charge is -2.13. The van der Waals surface area contributed by atoms with Crippen molar-refractivity contribution in [2.75, 3.05) is 0 Å². The third kappa shape index (κ3) is 3.44. The fourth-order valence-corrected chi connectivity index (χ4v) is 2.13. The van der Waals surface area contributed by atoms with E-state index in [4.69, 9.17) is 15.7 Å². The lowest BCUT2D eigenvalue weighted by Crippen LogP contribution is -2.25. The SMILES string of the molecule is Cc1ccc(C)c(OCc2ccccc2C(=NO)C(N)=O)c1. The van der Waals surface area contributed by atoms with Crippen molar-refractivity contribution < 1.29 is 14.7 Å². The molecule has 0 aliphatic rings. The highest BCUT2D eigenvalue weighted by atomic mass is 16.5. The molecule has 0 atom stereocenters. The number of oxime groups is 1. The number of benzene rings is 2. The van der Waals surface area contributed by atoms with Crippen LogP contribution in [-0.2, 0) is 11.4 Å². The van der Waals surface area contributed by atoms with Crippen LogP contribution >= 0.6 is 0 Å². The van der Waals surface area contributed by atoms with Gasteiger partial charge in [0, 0.05) is 5.56 Å². The standard InChI is InChI=1S/C17H18N2O3/c1-11-7-8-12(2)15(9-11)22-10-13-5-3-4-6-14(13)16(19-21)17(18)20/h3-9,21H,10H2,1-2H3,(H2,18,20). The van der Waals surface area contributed by atoms with Gasteiger partial charge in [0.25, 0.3) is 5.91 Å². The summed E-state index contributed by atoms with van der Waals surface area (Å²) < 4.78 is 5.83. The molecule has 0 aliphatic carbocycles. The number of carbonyl (C=O) groups excluding carboxylic acids is 1. The van der Waals surface area contributed by atoms with E-state index >= 15 is 0 Å². The second-order valence-electron chi connectivity index (χ2n) is 5.03. The minimum atomic E-state index is -0.790. The van der Waals surface area contributed by atoms with Crippen molar-refractivity contribution in [1.29, 1.82) is 0 Å². The van der Waals surface area contributed by atoms with Crippen molar-refractivity contribution in [3.63, 3.8) is 0 Å². The Morgan fingerprint density at radius 2 is 1.95 bits per heavy atom. The molecule has 2 aromatic rings. The molecule has 0 bridgehead atoms. The van der Waals surface area contributed by atoms with Gasteiger partial charge in [0.15, 0.2) is 5.71 Å². The van der Waals surface area contributed by atoms with Crippen molar-refractivity contribution in [1.82, 2.24) is 0 Å². The zero-order valence-electron chi connectivity index (χ0n) is 12.5. The summed E-state index contributed by atoms with van der Waals surface area (Å²) in [5, 5.41) is 12.0. The fraction of sp³-hybridized carbons (Fsp3) is 0.176. The molecule has 5 nitrogen and oxygen atoms in total. The quantitative estimate of drug-likeness (QED) is 0.505. The second-order valence-corrected chi connectivity index (χ2v) is 5.03. The zero-order valence-corrected chi connectivity index (χ0v) is 12.5. The molecule has 0 unspecified atom stereocenters. The molecule has 0 spiro atoms. The molecule has 0 fully saturated rings. The lowest BCUT2D eigenvalue weighted by atomic mass is 10.0. The van der Waals surface area contributed by atoms with Gasteiger partial charge < -0.3 is 15.7 Å². The summed E-state index contributed by atoms with van der Waals surface area (Å²) >= 11 is 0. The number of amides is 1. The van der Waals surface area contributed by atoms with E-state index in [-0.39, 0.29) is 12.3 Å². The Balaban J connectivity index is 2.27. The molecule has 0 aromatic heterocycles. The Morgan fingerprint density at radius 1 is 1.23 bits per heavy atom. The summed E-state index contributed by atoms with van der Waals surface area (Å²) in [6, 6.07) is 13.0. The number of primary amides is 1. The Bertz CT molecular complexity index is 724. The second kappa shape index (κ2) is 6.76. The third-order valence-electron chi connectivity index (χ3n) is 3.33. The number of ether oxygens (including phenoxy) is 1. The number of rotatable bonds is 5. The van der Waals surface area contributed by atoms with E-state index in [9.17, 15) is 4.79 Å². The number of aryl methyl sites for hydroxylation is 2. The van der Waals surface area contributed by atoms with Crippen LogP contribution in [0.15, 0.2) is 47.6 Å². The van der Waals surface area contributed by atoms with E-state index in [1.54, 1.807) is 18.2 Å².